The maximum absolute atomic E-state index is 8.68. The molecular weight excluding hydrogens is 238 g/mol. The van der Waals surface area contributed by atoms with Crippen molar-refractivity contribution in [3.05, 3.63) is 0 Å². The monoisotopic (exact) mass is 273 g/mol. The molecule has 0 aromatic heterocycles. The van der Waals surface area contributed by atoms with Crippen molar-refractivity contribution in [1.29, 1.82) is 0 Å². The summed E-state index contributed by atoms with van der Waals surface area (Å²) in [6, 6.07) is 0. The number of hydrogen-bond acceptors (Lipinski definition) is 3. The second-order valence-corrected chi connectivity index (χ2v) is 5.48. The molecule has 0 fully saturated rings. The molecule has 0 amide bonds. The van der Waals surface area contributed by atoms with Crippen LogP contribution in [0.2, 0.25) is 0 Å². The van der Waals surface area contributed by atoms with Crippen molar-refractivity contribution in [2.45, 2.75) is 90.2 Å². The number of aliphatic hydroxyl groups excluding tert-OH is 1. The van der Waals surface area contributed by atoms with Crippen molar-refractivity contribution in [2.75, 3.05) is 13.2 Å². The predicted molar refractivity (Wildman–Crippen MR) is 82.1 cm³/mol. The van der Waals surface area contributed by atoms with Gasteiger partial charge < -0.3 is 15.6 Å². The minimum absolute atomic E-state index is 0.0851. The van der Waals surface area contributed by atoms with E-state index >= 15 is 0 Å². The summed E-state index contributed by atoms with van der Waals surface area (Å²) < 4.78 is 5.21. The molecule has 0 saturated carbocycles. The zero-order chi connectivity index (χ0) is 14.2. The van der Waals surface area contributed by atoms with Gasteiger partial charge in [0.05, 0.1) is 6.61 Å². The molecule has 1 unspecified atom stereocenters. The number of hydrogen-bond donors (Lipinski definition) is 2. The van der Waals surface area contributed by atoms with Gasteiger partial charge in [-0.1, -0.05) is 77.6 Å². The highest BCUT2D eigenvalue weighted by molar-refractivity contribution is 4.49. The summed E-state index contributed by atoms with van der Waals surface area (Å²) in [5, 5.41) is 8.68. The predicted octanol–water partition coefficient (Wildman–Crippen LogP) is 3.98. The van der Waals surface area contributed by atoms with Crippen molar-refractivity contribution < 1.29 is 9.84 Å². The summed E-state index contributed by atoms with van der Waals surface area (Å²) in [7, 11) is 0. The van der Waals surface area contributed by atoms with E-state index < -0.39 is 6.23 Å². The first-order valence-electron chi connectivity index (χ1n) is 8.29. The number of nitrogens with two attached hydrogens (primary N) is 1. The van der Waals surface area contributed by atoms with Crippen LogP contribution in [0.5, 0.6) is 0 Å². The normalized spacial score (nSPS) is 12.8. The Labute approximate surface area is 119 Å². The standard InChI is InChI=1S/C16H35NO2/c1-2-3-4-5-6-7-8-9-10-11-12-13-14-19-16(17)15-18/h16,18H,2-15,17H2,1H3. The molecule has 1 atom stereocenters. The summed E-state index contributed by atoms with van der Waals surface area (Å²) in [6.07, 6.45) is 15.6. The van der Waals surface area contributed by atoms with Crippen molar-refractivity contribution in [2.24, 2.45) is 5.73 Å². The van der Waals surface area contributed by atoms with E-state index in [0.29, 0.717) is 6.61 Å². The lowest BCUT2D eigenvalue weighted by atomic mass is 10.1. The van der Waals surface area contributed by atoms with E-state index in [1.807, 2.05) is 0 Å². The fourth-order valence-corrected chi connectivity index (χ4v) is 2.23. The molecule has 0 radical (unpaired) electrons. The average molecular weight is 273 g/mol. The van der Waals surface area contributed by atoms with Crippen LogP contribution in [0.15, 0.2) is 0 Å². The Balaban J connectivity index is 2.95. The van der Waals surface area contributed by atoms with Gasteiger partial charge in [-0.15, -0.1) is 0 Å². The number of aliphatic hydroxyl groups is 1. The van der Waals surface area contributed by atoms with Gasteiger partial charge in [-0.2, -0.15) is 0 Å². The molecule has 0 aliphatic carbocycles. The Kier molecular flexibility index (Phi) is 15.8. The summed E-state index contributed by atoms with van der Waals surface area (Å²) in [4.78, 5) is 0. The highest BCUT2D eigenvalue weighted by Crippen LogP contribution is 2.11. The zero-order valence-corrected chi connectivity index (χ0v) is 12.9. The van der Waals surface area contributed by atoms with Crippen molar-refractivity contribution in [3.8, 4) is 0 Å². The van der Waals surface area contributed by atoms with E-state index in [-0.39, 0.29) is 6.61 Å². The Morgan fingerprint density at radius 3 is 1.63 bits per heavy atom. The number of rotatable bonds is 15. The maximum atomic E-state index is 8.68. The fourth-order valence-electron chi connectivity index (χ4n) is 2.23. The van der Waals surface area contributed by atoms with E-state index in [9.17, 15) is 0 Å². The van der Waals surface area contributed by atoms with Gasteiger partial charge in [-0.25, -0.2) is 0 Å². The topological polar surface area (TPSA) is 55.5 Å². The minimum Gasteiger partial charge on any atom is -0.392 e. The SMILES string of the molecule is CCCCCCCCCCCCCCOC(N)CO. The smallest absolute Gasteiger partial charge is 0.128 e. The first-order chi connectivity index (χ1) is 9.31. The van der Waals surface area contributed by atoms with E-state index in [2.05, 4.69) is 6.92 Å². The molecule has 116 valence electrons. The van der Waals surface area contributed by atoms with Gasteiger partial charge in [0, 0.05) is 6.61 Å². The van der Waals surface area contributed by atoms with E-state index in [1.54, 1.807) is 0 Å². The number of ether oxygens (including phenoxy) is 1. The summed E-state index contributed by atoms with van der Waals surface area (Å²) in [5.74, 6) is 0. The average Bonchev–Trinajstić information content (AvgIpc) is 2.43. The molecular formula is C16H35NO2. The van der Waals surface area contributed by atoms with Crippen LogP contribution in [0.3, 0.4) is 0 Å². The molecule has 0 aliphatic heterocycles. The van der Waals surface area contributed by atoms with Gasteiger partial charge in [-0.3, -0.25) is 0 Å². The van der Waals surface area contributed by atoms with Crippen LogP contribution < -0.4 is 5.73 Å². The van der Waals surface area contributed by atoms with E-state index in [4.69, 9.17) is 15.6 Å². The van der Waals surface area contributed by atoms with Crippen molar-refractivity contribution >= 4 is 0 Å². The van der Waals surface area contributed by atoms with Gasteiger partial charge in [0.25, 0.3) is 0 Å². The zero-order valence-electron chi connectivity index (χ0n) is 12.9. The van der Waals surface area contributed by atoms with Crippen molar-refractivity contribution in [3.63, 3.8) is 0 Å². The third-order valence-electron chi connectivity index (χ3n) is 3.51. The highest BCUT2D eigenvalue weighted by Gasteiger charge is 1.98. The molecule has 3 nitrogen and oxygen atoms in total. The molecule has 3 N–H and O–H groups in total. The molecule has 0 rings (SSSR count). The van der Waals surface area contributed by atoms with Crippen molar-refractivity contribution in [1.82, 2.24) is 0 Å². The summed E-state index contributed by atoms with van der Waals surface area (Å²) in [5.41, 5.74) is 5.44. The van der Waals surface area contributed by atoms with E-state index in [0.717, 1.165) is 6.42 Å². The van der Waals surface area contributed by atoms with Gasteiger partial charge in [0.2, 0.25) is 0 Å². The van der Waals surface area contributed by atoms with Gasteiger partial charge in [0.15, 0.2) is 0 Å². The van der Waals surface area contributed by atoms with Gasteiger partial charge >= 0.3 is 0 Å². The number of unbranched alkanes of at least 4 members (excludes halogenated alkanes) is 11. The van der Waals surface area contributed by atoms with Gasteiger partial charge in [-0.05, 0) is 6.42 Å². The first kappa shape index (κ1) is 18.9. The fraction of sp³-hybridized carbons (Fsp3) is 1.00. The molecule has 0 saturated heterocycles. The summed E-state index contributed by atoms with van der Waals surface area (Å²) >= 11 is 0. The Morgan fingerprint density at radius 1 is 0.789 bits per heavy atom. The molecule has 0 aromatic carbocycles. The molecule has 0 spiro atoms. The lowest BCUT2D eigenvalue weighted by Crippen LogP contribution is -2.28. The Hall–Kier alpha value is -0.120. The maximum Gasteiger partial charge on any atom is 0.128 e. The largest absolute Gasteiger partial charge is 0.392 e. The third kappa shape index (κ3) is 15.8. The lowest BCUT2D eigenvalue weighted by molar-refractivity contribution is 0.0154. The van der Waals surface area contributed by atoms with Crippen LogP contribution in [-0.4, -0.2) is 24.5 Å². The van der Waals surface area contributed by atoms with E-state index in [1.165, 1.54) is 70.6 Å². The van der Waals surface area contributed by atoms with Crippen LogP contribution in [-0.2, 0) is 4.74 Å². The van der Waals surface area contributed by atoms with Gasteiger partial charge in [0.1, 0.15) is 6.23 Å². The lowest BCUT2D eigenvalue weighted by Gasteiger charge is -2.09. The summed E-state index contributed by atoms with van der Waals surface area (Å²) in [6.45, 7) is 2.86. The molecule has 0 aromatic rings. The quantitative estimate of drug-likeness (QED) is 0.350. The Bertz CT molecular complexity index is 165. The molecule has 0 heterocycles. The molecule has 19 heavy (non-hydrogen) atoms. The first-order valence-corrected chi connectivity index (χ1v) is 8.29. The second kappa shape index (κ2) is 15.9. The second-order valence-electron chi connectivity index (χ2n) is 5.48. The van der Waals surface area contributed by atoms with Crippen LogP contribution in [0.4, 0.5) is 0 Å². The Morgan fingerprint density at radius 2 is 1.21 bits per heavy atom. The van der Waals surface area contributed by atoms with Crippen LogP contribution in [0, 0.1) is 0 Å². The molecule has 0 bridgehead atoms. The molecule has 3 heteroatoms. The van der Waals surface area contributed by atoms with Crippen LogP contribution in [0.1, 0.15) is 84.0 Å². The van der Waals surface area contributed by atoms with Crippen LogP contribution >= 0.6 is 0 Å². The third-order valence-corrected chi connectivity index (χ3v) is 3.51. The highest BCUT2D eigenvalue weighted by atomic mass is 16.5. The molecule has 0 aliphatic rings. The van der Waals surface area contributed by atoms with Crippen LogP contribution in [0.25, 0.3) is 0 Å². The minimum atomic E-state index is -0.493.